The van der Waals surface area contributed by atoms with Crippen LogP contribution in [0.4, 0.5) is 0 Å². The van der Waals surface area contributed by atoms with Gasteiger partial charge in [-0.1, -0.05) is 78.1 Å². The minimum Gasteiger partial charge on any atom is -0.0654 e. The summed E-state index contributed by atoms with van der Waals surface area (Å²) in [5.41, 5.74) is 1.55. The first-order valence-electron chi connectivity index (χ1n) is 10.2. The Morgan fingerprint density at radius 2 is 1.00 bits per heavy atom. The quantitative estimate of drug-likeness (QED) is 0.343. The third kappa shape index (κ3) is 5.61. The van der Waals surface area contributed by atoms with Crippen molar-refractivity contribution in [3.63, 3.8) is 0 Å². The summed E-state index contributed by atoms with van der Waals surface area (Å²) in [7, 11) is 0. The molecule has 3 aliphatic carbocycles. The van der Waals surface area contributed by atoms with E-state index in [0.29, 0.717) is 0 Å². The Bertz CT molecular complexity index is 253. The molecule has 0 radical (unpaired) electrons. The molecule has 0 aromatic carbocycles. The van der Waals surface area contributed by atoms with Gasteiger partial charge in [-0.2, -0.15) is 0 Å². The van der Waals surface area contributed by atoms with Gasteiger partial charge in [-0.05, 0) is 55.8 Å². The number of fused-ring (bicyclic) bond motifs is 3. The summed E-state index contributed by atoms with van der Waals surface area (Å²) in [5, 5.41) is 0. The van der Waals surface area contributed by atoms with E-state index in [0.717, 1.165) is 10.8 Å². The van der Waals surface area contributed by atoms with Gasteiger partial charge in [0, 0.05) is 0 Å². The first-order valence-corrected chi connectivity index (χ1v) is 10.2. The van der Waals surface area contributed by atoms with Crippen molar-refractivity contribution in [1.29, 1.82) is 0 Å². The van der Waals surface area contributed by atoms with Crippen LogP contribution in [0.5, 0.6) is 0 Å². The Hall–Kier alpha value is 0. The molecule has 21 heavy (non-hydrogen) atoms. The van der Waals surface area contributed by atoms with Crippen LogP contribution in [-0.2, 0) is 0 Å². The maximum atomic E-state index is 2.54. The molecule has 2 bridgehead atoms. The average molecular weight is 293 g/mol. The second-order valence-corrected chi connectivity index (χ2v) is 8.74. The van der Waals surface area contributed by atoms with E-state index in [1.54, 1.807) is 25.7 Å². The summed E-state index contributed by atoms with van der Waals surface area (Å²) in [6.07, 6.45) is 25.6. The highest BCUT2D eigenvalue weighted by Gasteiger charge is 2.45. The molecule has 0 atom stereocenters. The van der Waals surface area contributed by atoms with Crippen LogP contribution in [0.3, 0.4) is 0 Å². The van der Waals surface area contributed by atoms with Crippen LogP contribution in [0.15, 0.2) is 0 Å². The highest BCUT2D eigenvalue weighted by atomic mass is 14.5. The van der Waals surface area contributed by atoms with Gasteiger partial charge in [-0.15, -0.1) is 0 Å². The summed E-state index contributed by atoms with van der Waals surface area (Å²) >= 11 is 0. The fraction of sp³-hybridized carbons (Fsp3) is 1.00. The van der Waals surface area contributed by atoms with Crippen LogP contribution >= 0.6 is 0 Å². The minimum absolute atomic E-state index is 0.750. The summed E-state index contributed by atoms with van der Waals surface area (Å²) in [4.78, 5) is 0. The molecule has 0 saturated heterocycles. The fourth-order valence-corrected chi connectivity index (χ4v) is 4.81. The normalized spacial score (nSPS) is 31.7. The number of unbranched alkanes of at least 4 members (excludes halogenated alkanes) is 9. The van der Waals surface area contributed by atoms with Crippen LogP contribution in [0.2, 0.25) is 0 Å². The van der Waals surface area contributed by atoms with Gasteiger partial charge < -0.3 is 0 Å². The van der Waals surface area contributed by atoms with Crippen molar-refractivity contribution in [2.45, 2.75) is 123 Å². The molecule has 0 aromatic rings. The van der Waals surface area contributed by atoms with E-state index < -0.39 is 0 Å². The SMILES string of the molecule is CCCCCCCCCCCCC12CCC(C)(CC1)CC2. The summed E-state index contributed by atoms with van der Waals surface area (Å²) in [6.45, 7) is 4.84. The van der Waals surface area contributed by atoms with Crippen LogP contribution < -0.4 is 0 Å². The molecular weight excluding hydrogens is 252 g/mol. The Labute approximate surface area is 134 Å². The zero-order chi connectivity index (χ0) is 15.0. The van der Waals surface area contributed by atoms with E-state index >= 15 is 0 Å². The van der Waals surface area contributed by atoms with Gasteiger partial charge in [-0.3, -0.25) is 0 Å². The van der Waals surface area contributed by atoms with Crippen LogP contribution in [-0.4, -0.2) is 0 Å². The van der Waals surface area contributed by atoms with Crippen LogP contribution in [0, 0.1) is 10.8 Å². The monoisotopic (exact) mass is 292 g/mol. The molecule has 0 nitrogen and oxygen atoms in total. The Morgan fingerprint density at radius 3 is 1.48 bits per heavy atom. The van der Waals surface area contributed by atoms with Crippen molar-refractivity contribution in [2.75, 3.05) is 0 Å². The molecule has 0 heteroatoms. The van der Waals surface area contributed by atoms with Gasteiger partial charge in [0.2, 0.25) is 0 Å². The molecule has 0 heterocycles. The summed E-state index contributed by atoms with van der Waals surface area (Å²) in [5.74, 6) is 0. The van der Waals surface area contributed by atoms with Crippen molar-refractivity contribution in [2.24, 2.45) is 10.8 Å². The first kappa shape index (κ1) is 17.4. The molecule has 3 rings (SSSR count). The summed E-state index contributed by atoms with van der Waals surface area (Å²) in [6, 6.07) is 0. The molecular formula is C21H40. The van der Waals surface area contributed by atoms with Crippen LogP contribution in [0.1, 0.15) is 123 Å². The van der Waals surface area contributed by atoms with Crippen LogP contribution in [0.25, 0.3) is 0 Å². The van der Waals surface area contributed by atoms with Crippen molar-refractivity contribution >= 4 is 0 Å². The van der Waals surface area contributed by atoms with Gasteiger partial charge >= 0.3 is 0 Å². The lowest BCUT2D eigenvalue weighted by atomic mass is 9.53. The highest BCUT2D eigenvalue weighted by molar-refractivity contribution is 4.97. The van der Waals surface area contributed by atoms with Gasteiger partial charge in [0.1, 0.15) is 0 Å². The molecule has 0 amide bonds. The highest BCUT2D eigenvalue weighted by Crippen LogP contribution is 2.58. The molecule has 3 fully saturated rings. The van der Waals surface area contributed by atoms with Crippen molar-refractivity contribution < 1.29 is 0 Å². The molecule has 0 aliphatic heterocycles. The van der Waals surface area contributed by atoms with Crippen molar-refractivity contribution in [3.05, 3.63) is 0 Å². The molecule has 0 spiro atoms. The fourth-order valence-electron chi connectivity index (χ4n) is 4.81. The van der Waals surface area contributed by atoms with E-state index in [1.807, 2.05) is 0 Å². The maximum Gasteiger partial charge on any atom is -0.0297 e. The Kier molecular flexibility index (Phi) is 7.10. The minimum atomic E-state index is 0.750. The molecule has 0 N–H and O–H groups in total. The van der Waals surface area contributed by atoms with E-state index in [4.69, 9.17) is 0 Å². The van der Waals surface area contributed by atoms with Gasteiger partial charge in [0.15, 0.2) is 0 Å². The first-order chi connectivity index (χ1) is 10.2. The van der Waals surface area contributed by atoms with E-state index in [1.165, 1.54) is 83.5 Å². The van der Waals surface area contributed by atoms with Gasteiger partial charge in [0.05, 0.1) is 0 Å². The van der Waals surface area contributed by atoms with E-state index in [2.05, 4.69) is 13.8 Å². The molecule has 3 saturated carbocycles. The lowest BCUT2D eigenvalue weighted by molar-refractivity contribution is -0.00413. The van der Waals surface area contributed by atoms with Gasteiger partial charge in [0.25, 0.3) is 0 Å². The topological polar surface area (TPSA) is 0 Å². The number of hydrogen-bond acceptors (Lipinski definition) is 0. The number of rotatable bonds is 11. The lowest BCUT2D eigenvalue weighted by Gasteiger charge is -2.52. The zero-order valence-corrected chi connectivity index (χ0v) is 15.0. The number of hydrogen-bond donors (Lipinski definition) is 0. The Balaban J connectivity index is 1.44. The van der Waals surface area contributed by atoms with Gasteiger partial charge in [-0.25, -0.2) is 0 Å². The van der Waals surface area contributed by atoms with Crippen molar-refractivity contribution in [1.82, 2.24) is 0 Å². The third-order valence-electron chi connectivity index (χ3n) is 6.84. The lowest BCUT2D eigenvalue weighted by Crippen LogP contribution is -2.39. The molecule has 0 unspecified atom stereocenters. The zero-order valence-electron chi connectivity index (χ0n) is 15.0. The predicted octanol–water partition coefficient (Wildman–Crippen LogP) is 7.66. The smallest absolute Gasteiger partial charge is 0.0297 e. The molecule has 124 valence electrons. The standard InChI is InChI=1S/C21H40/c1-3-4-5-6-7-8-9-10-11-12-13-21-17-14-20(2,15-18-21)16-19-21/h3-19H2,1-2H3. The Morgan fingerprint density at radius 1 is 0.571 bits per heavy atom. The van der Waals surface area contributed by atoms with Crippen molar-refractivity contribution in [3.8, 4) is 0 Å². The maximum absolute atomic E-state index is 2.54. The van der Waals surface area contributed by atoms with E-state index in [-0.39, 0.29) is 0 Å². The third-order valence-corrected chi connectivity index (χ3v) is 6.84. The predicted molar refractivity (Wildman–Crippen MR) is 94.7 cm³/mol. The van der Waals surface area contributed by atoms with E-state index in [9.17, 15) is 0 Å². The molecule has 3 aliphatic rings. The largest absolute Gasteiger partial charge is 0.0654 e. The second kappa shape index (κ2) is 8.59. The average Bonchev–Trinajstić information content (AvgIpc) is 2.51. The molecule has 0 aromatic heterocycles. The second-order valence-electron chi connectivity index (χ2n) is 8.74. The summed E-state index contributed by atoms with van der Waals surface area (Å²) < 4.78 is 0.